The lowest BCUT2D eigenvalue weighted by Gasteiger charge is -2.18. The summed E-state index contributed by atoms with van der Waals surface area (Å²) in [6, 6.07) is 5.40. The summed E-state index contributed by atoms with van der Waals surface area (Å²) >= 11 is 6.04. The predicted octanol–water partition coefficient (Wildman–Crippen LogP) is 2.44. The Bertz CT molecular complexity index is 603. The Labute approximate surface area is 122 Å². The van der Waals surface area contributed by atoms with Crippen LogP contribution in [0.4, 0.5) is 5.82 Å². The minimum atomic E-state index is -0.155. The SMILES string of the molecule is CNc1cc(C(=O)N(C)Cc2cccnc2)c(Cl)cn1. The van der Waals surface area contributed by atoms with Crippen molar-refractivity contribution in [3.63, 3.8) is 0 Å². The van der Waals surface area contributed by atoms with Gasteiger partial charge in [0.05, 0.1) is 10.6 Å². The standard InChI is InChI=1S/C14H15ClN4O/c1-16-13-6-11(12(15)8-18-13)14(20)19(2)9-10-4-3-5-17-7-10/h3-8H,9H2,1-2H3,(H,16,18). The maximum Gasteiger partial charge on any atom is 0.255 e. The van der Waals surface area contributed by atoms with Gasteiger partial charge in [0, 0.05) is 39.2 Å². The number of carbonyl (C=O) groups is 1. The summed E-state index contributed by atoms with van der Waals surface area (Å²) in [5.41, 5.74) is 1.39. The molecule has 0 aliphatic heterocycles. The maximum absolute atomic E-state index is 12.4. The third kappa shape index (κ3) is 3.24. The molecule has 1 amide bonds. The van der Waals surface area contributed by atoms with Crippen LogP contribution in [0.5, 0.6) is 0 Å². The molecule has 0 unspecified atom stereocenters. The summed E-state index contributed by atoms with van der Waals surface area (Å²) in [7, 11) is 3.47. The van der Waals surface area contributed by atoms with Crippen molar-refractivity contribution in [2.75, 3.05) is 19.4 Å². The van der Waals surface area contributed by atoms with Crippen molar-refractivity contribution < 1.29 is 4.79 Å². The summed E-state index contributed by atoms with van der Waals surface area (Å²) < 4.78 is 0. The molecule has 6 heteroatoms. The van der Waals surface area contributed by atoms with E-state index in [1.807, 2.05) is 12.1 Å². The van der Waals surface area contributed by atoms with Crippen LogP contribution in [0.3, 0.4) is 0 Å². The fourth-order valence-electron chi connectivity index (χ4n) is 1.78. The van der Waals surface area contributed by atoms with E-state index in [2.05, 4.69) is 15.3 Å². The number of nitrogens with zero attached hydrogens (tertiary/aromatic N) is 3. The smallest absolute Gasteiger partial charge is 0.255 e. The molecule has 0 fully saturated rings. The molecule has 0 spiro atoms. The van der Waals surface area contributed by atoms with Gasteiger partial charge in [0.15, 0.2) is 0 Å². The first-order valence-corrected chi connectivity index (χ1v) is 6.47. The van der Waals surface area contributed by atoms with Gasteiger partial charge in [-0.2, -0.15) is 0 Å². The zero-order valence-electron chi connectivity index (χ0n) is 11.3. The summed E-state index contributed by atoms with van der Waals surface area (Å²) in [4.78, 5) is 22.1. The van der Waals surface area contributed by atoms with E-state index in [9.17, 15) is 4.79 Å². The third-order valence-electron chi connectivity index (χ3n) is 2.83. The van der Waals surface area contributed by atoms with Gasteiger partial charge in [0.2, 0.25) is 0 Å². The van der Waals surface area contributed by atoms with E-state index in [1.165, 1.54) is 6.20 Å². The lowest BCUT2D eigenvalue weighted by atomic mass is 10.2. The van der Waals surface area contributed by atoms with Gasteiger partial charge in [-0.3, -0.25) is 9.78 Å². The molecule has 0 bridgehead atoms. The Balaban J connectivity index is 2.18. The molecule has 0 radical (unpaired) electrons. The van der Waals surface area contributed by atoms with E-state index < -0.39 is 0 Å². The molecule has 2 rings (SSSR count). The minimum Gasteiger partial charge on any atom is -0.373 e. The van der Waals surface area contributed by atoms with E-state index in [-0.39, 0.29) is 5.91 Å². The van der Waals surface area contributed by atoms with E-state index in [0.717, 1.165) is 5.56 Å². The van der Waals surface area contributed by atoms with Gasteiger partial charge in [-0.1, -0.05) is 17.7 Å². The van der Waals surface area contributed by atoms with Gasteiger partial charge in [-0.15, -0.1) is 0 Å². The van der Waals surface area contributed by atoms with Gasteiger partial charge in [-0.25, -0.2) is 4.98 Å². The maximum atomic E-state index is 12.4. The number of halogens is 1. The quantitative estimate of drug-likeness (QED) is 0.940. The second-order valence-corrected chi connectivity index (χ2v) is 4.73. The number of carbonyl (C=O) groups excluding carboxylic acids is 1. The van der Waals surface area contributed by atoms with Crippen molar-refractivity contribution in [2.45, 2.75) is 6.54 Å². The average Bonchev–Trinajstić information content (AvgIpc) is 2.48. The Morgan fingerprint density at radius 1 is 1.45 bits per heavy atom. The number of rotatable bonds is 4. The van der Waals surface area contributed by atoms with E-state index in [0.29, 0.717) is 22.9 Å². The van der Waals surface area contributed by atoms with Gasteiger partial charge in [0.25, 0.3) is 5.91 Å². The van der Waals surface area contributed by atoms with Gasteiger partial charge in [-0.05, 0) is 17.7 Å². The highest BCUT2D eigenvalue weighted by Gasteiger charge is 2.16. The molecule has 104 valence electrons. The molecule has 2 heterocycles. The monoisotopic (exact) mass is 290 g/mol. The molecular weight excluding hydrogens is 276 g/mol. The van der Waals surface area contributed by atoms with Crippen molar-refractivity contribution in [2.24, 2.45) is 0 Å². The number of hydrogen-bond donors (Lipinski definition) is 1. The van der Waals surface area contributed by atoms with Crippen LogP contribution in [-0.4, -0.2) is 34.9 Å². The van der Waals surface area contributed by atoms with Crippen molar-refractivity contribution in [3.8, 4) is 0 Å². The van der Waals surface area contributed by atoms with E-state index in [4.69, 9.17) is 11.6 Å². The highest BCUT2D eigenvalue weighted by molar-refractivity contribution is 6.33. The summed E-state index contributed by atoms with van der Waals surface area (Å²) in [5, 5.41) is 3.23. The van der Waals surface area contributed by atoms with Crippen LogP contribution >= 0.6 is 11.6 Å². The molecule has 0 saturated heterocycles. The molecule has 0 atom stereocenters. The van der Waals surface area contributed by atoms with Crippen LogP contribution in [0.2, 0.25) is 5.02 Å². The molecular formula is C14H15ClN4O. The van der Waals surface area contributed by atoms with Gasteiger partial charge >= 0.3 is 0 Å². The number of hydrogen-bond acceptors (Lipinski definition) is 4. The first-order valence-electron chi connectivity index (χ1n) is 6.09. The summed E-state index contributed by atoms with van der Waals surface area (Å²) in [5.74, 6) is 0.449. The fraction of sp³-hybridized carbons (Fsp3) is 0.214. The molecule has 5 nitrogen and oxygen atoms in total. The first-order chi connectivity index (χ1) is 9.61. The zero-order valence-corrected chi connectivity index (χ0v) is 12.1. The summed E-state index contributed by atoms with van der Waals surface area (Å²) in [6.07, 6.45) is 4.90. The third-order valence-corrected chi connectivity index (χ3v) is 3.13. The molecule has 0 aliphatic rings. The van der Waals surface area contributed by atoms with Crippen molar-refractivity contribution in [1.82, 2.24) is 14.9 Å². The van der Waals surface area contributed by atoms with Crippen LogP contribution in [-0.2, 0) is 6.54 Å². The Morgan fingerprint density at radius 3 is 2.90 bits per heavy atom. The zero-order chi connectivity index (χ0) is 14.5. The van der Waals surface area contributed by atoms with Gasteiger partial charge in [0.1, 0.15) is 5.82 Å². The van der Waals surface area contributed by atoms with Crippen LogP contribution in [0.1, 0.15) is 15.9 Å². The second-order valence-electron chi connectivity index (χ2n) is 4.32. The van der Waals surface area contributed by atoms with E-state index >= 15 is 0 Å². The van der Waals surface area contributed by atoms with Gasteiger partial charge < -0.3 is 10.2 Å². The molecule has 0 aliphatic carbocycles. The average molecular weight is 291 g/mol. The van der Waals surface area contributed by atoms with Crippen LogP contribution in [0.25, 0.3) is 0 Å². The largest absolute Gasteiger partial charge is 0.373 e. The normalized spacial score (nSPS) is 10.2. The highest BCUT2D eigenvalue weighted by atomic mass is 35.5. The van der Waals surface area contributed by atoms with Crippen LogP contribution in [0, 0.1) is 0 Å². The summed E-state index contributed by atoms with van der Waals surface area (Å²) in [6.45, 7) is 0.472. The highest BCUT2D eigenvalue weighted by Crippen LogP contribution is 2.20. The molecule has 2 aromatic rings. The molecule has 0 aromatic carbocycles. The Morgan fingerprint density at radius 2 is 2.25 bits per heavy atom. The number of amides is 1. The van der Waals surface area contributed by atoms with Crippen molar-refractivity contribution in [1.29, 1.82) is 0 Å². The molecule has 1 N–H and O–H groups in total. The second kappa shape index (κ2) is 6.34. The number of pyridine rings is 2. The number of nitrogens with one attached hydrogen (secondary N) is 1. The van der Waals surface area contributed by atoms with Crippen LogP contribution in [0.15, 0.2) is 36.8 Å². The number of aromatic nitrogens is 2. The lowest BCUT2D eigenvalue weighted by Crippen LogP contribution is -2.26. The molecule has 20 heavy (non-hydrogen) atoms. The van der Waals surface area contributed by atoms with Crippen molar-refractivity contribution in [3.05, 3.63) is 52.9 Å². The molecule has 0 saturated carbocycles. The molecule has 2 aromatic heterocycles. The number of anilines is 1. The predicted molar refractivity (Wildman–Crippen MR) is 78.8 cm³/mol. The minimum absolute atomic E-state index is 0.155. The fourth-order valence-corrected chi connectivity index (χ4v) is 1.97. The first kappa shape index (κ1) is 14.3. The van der Waals surface area contributed by atoms with E-state index in [1.54, 1.807) is 37.5 Å². The topological polar surface area (TPSA) is 58.1 Å². The Kier molecular flexibility index (Phi) is 4.53. The lowest BCUT2D eigenvalue weighted by molar-refractivity contribution is 0.0785. The van der Waals surface area contributed by atoms with Crippen LogP contribution < -0.4 is 5.32 Å². The Hall–Kier alpha value is -2.14. The van der Waals surface area contributed by atoms with Crippen molar-refractivity contribution >= 4 is 23.3 Å².